The summed E-state index contributed by atoms with van der Waals surface area (Å²) < 4.78 is 11.2. The third-order valence-corrected chi connectivity index (χ3v) is 4.54. The van der Waals surface area contributed by atoms with E-state index in [2.05, 4.69) is 53.7 Å². The summed E-state index contributed by atoms with van der Waals surface area (Å²) in [6, 6.07) is 8.66. The fourth-order valence-corrected chi connectivity index (χ4v) is 3.06. The summed E-state index contributed by atoms with van der Waals surface area (Å²) in [7, 11) is 0. The Morgan fingerprint density at radius 3 is 2.81 bits per heavy atom. The Bertz CT molecular complexity index is 534. The van der Waals surface area contributed by atoms with Gasteiger partial charge in [-0.25, -0.2) is 0 Å². The minimum absolute atomic E-state index is 0. The first kappa shape index (κ1) is 24.2. The van der Waals surface area contributed by atoms with Crippen molar-refractivity contribution >= 4 is 29.9 Å². The highest BCUT2D eigenvalue weighted by atomic mass is 127. The van der Waals surface area contributed by atoms with Gasteiger partial charge in [-0.1, -0.05) is 29.8 Å². The molecule has 0 aromatic heterocycles. The average molecular weight is 489 g/mol. The molecule has 1 aliphatic rings. The topological polar surface area (TPSA) is 54.9 Å². The van der Waals surface area contributed by atoms with Crippen molar-refractivity contribution in [3.8, 4) is 0 Å². The highest BCUT2D eigenvalue weighted by Crippen LogP contribution is 2.14. The van der Waals surface area contributed by atoms with Gasteiger partial charge in [0, 0.05) is 46.1 Å². The molecule has 1 aliphatic heterocycles. The van der Waals surface area contributed by atoms with Gasteiger partial charge in [-0.05, 0) is 51.0 Å². The molecule has 154 valence electrons. The molecule has 1 aromatic carbocycles. The number of halogens is 1. The monoisotopic (exact) mass is 489 g/mol. The van der Waals surface area contributed by atoms with Gasteiger partial charge >= 0.3 is 0 Å². The van der Waals surface area contributed by atoms with Crippen LogP contribution in [0.25, 0.3) is 0 Å². The van der Waals surface area contributed by atoms with E-state index < -0.39 is 0 Å². The van der Waals surface area contributed by atoms with E-state index in [0.29, 0.717) is 5.92 Å². The van der Waals surface area contributed by atoms with Gasteiger partial charge in [0.15, 0.2) is 5.96 Å². The zero-order chi connectivity index (χ0) is 18.5. The lowest BCUT2D eigenvalue weighted by Gasteiger charge is -2.21. The van der Waals surface area contributed by atoms with E-state index in [0.717, 1.165) is 77.7 Å². The van der Waals surface area contributed by atoms with Gasteiger partial charge in [-0.15, -0.1) is 24.0 Å². The molecule has 0 aliphatic carbocycles. The van der Waals surface area contributed by atoms with Crippen LogP contribution >= 0.6 is 24.0 Å². The Balaban J connectivity index is 0.00000364. The molecule has 1 saturated heterocycles. The number of hydrogen-bond donors (Lipinski definition) is 2. The second kappa shape index (κ2) is 15.1. The first-order chi connectivity index (χ1) is 12.8. The van der Waals surface area contributed by atoms with Crippen molar-refractivity contribution in [2.45, 2.75) is 39.5 Å². The maximum absolute atomic E-state index is 5.80. The molecule has 0 atom stereocenters. The van der Waals surface area contributed by atoms with Crippen LogP contribution in [0.3, 0.4) is 0 Å². The number of nitrogens with one attached hydrogen (secondary N) is 2. The number of rotatable bonds is 10. The Morgan fingerprint density at radius 2 is 2.07 bits per heavy atom. The second-order valence-corrected chi connectivity index (χ2v) is 6.91. The molecule has 0 bridgehead atoms. The van der Waals surface area contributed by atoms with Crippen molar-refractivity contribution in [1.82, 2.24) is 10.6 Å². The fraction of sp³-hybridized carbons (Fsp3) is 0.667. The van der Waals surface area contributed by atoms with Crippen LogP contribution in [-0.2, 0) is 15.9 Å². The summed E-state index contributed by atoms with van der Waals surface area (Å²) in [5.41, 5.74) is 2.67. The van der Waals surface area contributed by atoms with E-state index in [1.807, 2.05) is 0 Å². The maximum Gasteiger partial charge on any atom is 0.191 e. The lowest BCUT2D eigenvalue weighted by Crippen LogP contribution is -2.38. The van der Waals surface area contributed by atoms with Crippen LogP contribution < -0.4 is 10.6 Å². The zero-order valence-corrected chi connectivity index (χ0v) is 19.2. The smallest absolute Gasteiger partial charge is 0.191 e. The summed E-state index contributed by atoms with van der Waals surface area (Å²) in [5, 5.41) is 6.72. The summed E-state index contributed by atoms with van der Waals surface area (Å²) in [5.74, 6) is 1.57. The molecule has 1 aromatic rings. The van der Waals surface area contributed by atoms with E-state index in [4.69, 9.17) is 9.47 Å². The van der Waals surface area contributed by atoms with Gasteiger partial charge < -0.3 is 20.1 Å². The van der Waals surface area contributed by atoms with Crippen LogP contribution in [-0.4, -0.2) is 52.0 Å². The SMILES string of the molecule is CCNC(=NCCCOCC1CCOCC1)NCCc1cccc(C)c1.I. The molecule has 5 nitrogen and oxygen atoms in total. The third kappa shape index (κ3) is 10.9. The quantitative estimate of drug-likeness (QED) is 0.229. The van der Waals surface area contributed by atoms with Crippen LogP contribution in [0.15, 0.2) is 29.3 Å². The second-order valence-electron chi connectivity index (χ2n) is 6.91. The van der Waals surface area contributed by atoms with Crippen molar-refractivity contribution in [2.24, 2.45) is 10.9 Å². The van der Waals surface area contributed by atoms with Crippen LogP contribution in [0, 0.1) is 12.8 Å². The zero-order valence-electron chi connectivity index (χ0n) is 16.8. The Kier molecular flexibility index (Phi) is 13.5. The minimum Gasteiger partial charge on any atom is -0.381 e. The Hall–Kier alpha value is -0.860. The molecule has 1 fully saturated rings. The maximum atomic E-state index is 5.80. The molecule has 0 spiro atoms. The standard InChI is InChI=1S/C21H35N3O2.HI/c1-3-22-21(24-12-8-19-7-4-6-18(2)16-19)23-11-5-13-26-17-20-9-14-25-15-10-20;/h4,6-7,16,20H,3,5,8-15,17H2,1-2H3,(H2,22,23,24);1H. The van der Waals surface area contributed by atoms with Crippen LogP contribution in [0.4, 0.5) is 0 Å². The normalized spacial score (nSPS) is 15.3. The van der Waals surface area contributed by atoms with E-state index >= 15 is 0 Å². The van der Waals surface area contributed by atoms with Crippen molar-refractivity contribution in [3.63, 3.8) is 0 Å². The molecule has 2 rings (SSSR count). The van der Waals surface area contributed by atoms with Crippen molar-refractivity contribution in [1.29, 1.82) is 0 Å². The summed E-state index contributed by atoms with van der Waals surface area (Å²) in [6.45, 7) is 10.2. The highest BCUT2D eigenvalue weighted by Gasteiger charge is 2.13. The molecule has 0 saturated carbocycles. The van der Waals surface area contributed by atoms with E-state index in [-0.39, 0.29) is 24.0 Å². The summed E-state index contributed by atoms with van der Waals surface area (Å²) in [6.07, 6.45) is 4.22. The number of benzene rings is 1. The third-order valence-electron chi connectivity index (χ3n) is 4.54. The van der Waals surface area contributed by atoms with Crippen molar-refractivity contribution < 1.29 is 9.47 Å². The van der Waals surface area contributed by atoms with Crippen LogP contribution in [0.2, 0.25) is 0 Å². The minimum atomic E-state index is 0. The predicted octanol–water partition coefficient (Wildman–Crippen LogP) is 3.54. The van der Waals surface area contributed by atoms with Gasteiger partial charge in [0.1, 0.15) is 0 Å². The average Bonchev–Trinajstić information content (AvgIpc) is 2.65. The molecule has 2 N–H and O–H groups in total. The highest BCUT2D eigenvalue weighted by molar-refractivity contribution is 14.0. The Morgan fingerprint density at radius 1 is 1.26 bits per heavy atom. The molecule has 0 unspecified atom stereocenters. The predicted molar refractivity (Wildman–Crippen MR) is 123 cm³/mol. The summed E-state index contributed by atoms with van der Waals surface area (Å²) >= 11 is 0. The number of ether oxygens (including phenoxy) is 2. The molecular weight excluding hydrogens is 453 g/mol. The van der Waals surface area contributed by atoms with Crippen LogP contribution in [0.1, 0.15) is 37.3 Å². The largest absolute Gasteiger partial charge is 0.381 e. The van der Waals surface area contributed by atoms with Crippen LogP contribution in [0.5, 0.6) is 0 Å². The first-order valence-electron chi connectivity index (χ1n) is 10.0. The first-order valence-corrected chi connectivity index (χ1v) is 10.0. The van der Waals surface area contributed by atoms with Gasteiger partial charge in [0.2, 0.25) is 0 Å². The molecule has 1 heterocycles. The van der Waals surface area contributed by atoms with Gasteiger partial charge in [-0.3, -0.25) is 4.99 Å². The number of guanidine groups is 1. The van der Waals surface area contributed by atoms with Gasteiger partial charge in [0.25, 0.3) is 0 Å². The van der Waals surface area contributed by atoms with Gasteiger partial charge in [-0.2, -0.15) is 0 Å². The molecule has 27 heavy (non-hydrogen) atoms. The number of nitrogens with zero attached hydrogens (tertiary/aromatic N) is 1. The summed E-state index contributed by atoms with van der Waals surface area (Å²) in [4.78, 5) is 4.64. The van der Waals surface area contributed by atoms with Crippen molar-refractivity contribution in [2.75, 3.05) is 46.1 Å². The fourth-order valence-electron chi connectivity index (χ4n) is 3.06. The lowest BCUT2D eigenvalue weighted by atomic mass is 10.0. The van der Waals surface area contributed by atoms with Crippen molar-refractivity contribution in [3.05, 3.63) is 35.4 Å². The van der Waals surface area contributed by atoms with E-state index in [1.54, 1.807) is 0 Å². The molecule has 0 amide bonds. The van der Waals surface area contributed by atoms with Gasteiger partial charge in [0.05, 0.1) is 0 Å². The number of hydrogen-bond acceptors (Lipinski definition) is 3. The lowest BCUT2D eigenvalue weighted by molar-refractivity contribution is 0.0205. The number of aliphatic imine (C=N–C) groups is 1. The molecular formula is C21H36IN3O2. The Labute approximate surface area is 181 Å². The molecule has 6 heteroatoms. The molecule has 0 radical (unpaired) electrons. The van der Waals surface area contributed by atoms with E-state index in [9.17, 15) is 0 Å². The number of aryl methyl sites for hydroxylation is 1. The van der Waals surface area contributed by atoms with E-state index in [1.165, 1.54) is 11.1 Å².